The van der Waals surface area contributed by atoms with E-state index in [9.17, 15) is 8.78 Å². The van der Waals surface area contributed by atoms with Gasteiger partial charge in [0.2, 0.25) is 0 Å². The highest BCUT2D eigenvalue weighted by Gasteiger charge is 2.39. The molecule has 0 saturated heterocycles. The summed E-state index contributed by atoms with van der Waals surface area (Å²) in [5, 5.41) is 2.78. The minimum atomic E-state index is -2.60. The summed E-state index contributed by atoms with van der Waals surface area (Å²) in [4.78, 5) is 0. The van der Waals surface area contributed by atoms with Crippen LogP contribution in [0.25, 0.3) is 0 Å². The molecule has 0 aliphatic heterocycles. The summed E-state index contributed by atoms with van der Waals surface area (Å²) >= 11 is 0. The molecule has 0 aromatic heterocycles. The van der Waals surface area contributed by atoms with Gasteiger partial charge in [-0.3, -0.25) is 0 Å². The first-order valence-electron chi connectivity index (χ1n) is 5.50. The summed E-state index contributed by atoms with van der Waals surface area (Å²) in [6.45, 7) is 3.18. The van der Waals surface area contributed by atoms with Crippen molar-refractivity contribution in [3.05, 3.63) is 0 Å². The van der Waals surface area contributed by atoms with Crippen LogP contribution >= 0.6 is 0 Å². The molecule has 0 bridgehead atoms. The molecule has 1 fully saturated rings. The SMILES string of the molecule is CNC(C1CCCC(C)C1)C(C)(F)F. The Labute approximate surface area is 85.3 Å². The van der Waals surface area contributed by atoms with Crippen LogP contribution in [-0.2, 0) is 0 Å². The Morgan fingerprint density at radius 3 is 2.43 bits per heavy atom. The maximum absolute atomic E-state index is 13.2. The lowest BCUT2D eigenvalue weighted by molar-refractivity contribution is -0.0444. The van der Waals surface area contributed by atoms with Gasteiger partial charge >= 0.3 is 0 Å². The van der Waals surface area contributed by atoms with Gasteiger partial charge in [-0.05, 0) is 31.7 Å². The maximum Gasteiger partial charge on any atom is 0.260 e. The average molecular weight is 205 g/mol. The van der Waals surface area contributed by atoms with Gasteiger partial charge in [-0.25, -0.2) is 8.78 Å². The summed E-state index contributed by atoms with van der Waals surface area (Å²) in [5.41, 5.74) is 0. The molecule has 3 heteroatoms. The zero-order valence-electron chi connectivity index (χ0n) is 9.32. The molecule has 1 aliphatic carbocycles. The van der Waals surface area contributed by atoms with Crippen molar-refractivity contribution < 1.29 is 8.78 Å². The third kappa shape index (κ3) is 2.91. The van der Waals surface area contributed by atoms with Crippen LogP contribution in [0.15, 0.2) is 0 Å². The van der Waals surface area contributed by atoms with Crippen LogP contribution in [0, 0.1) is 11.8 Å². The molecule has 0 aromatic carbocycles. The highest BCUT2D eigenvalue weighted by Crippen LogP contribution is 2.35. The highest BCUT2D eigenvalue weighted by molar-refractivity contribution is 4.87. The summed E-state index contributed by atoms with van der Waals surface area (Å²) in [6, 6.07) is -0.648. The van der Waals surface area contributed by atoms with Crippen LogP contribution in [0.5, 0.6) is 0 Å². The normalized spacial score (nSPS) is 31.5. The lowest BCUT2D eigenvalue weighted by atomic mass is 9.77. The molecule has 1 saturated carbocycles. The molecule has 1 rings (SSSR count). The summed E-state index contributed by atoms with van der Waals surface area (Å²) < 4.78 is 26.5. The van der Waals surface area contributed by atoms with Crippen molar-refractivity contribution in [1.29, 1.82) is 0 Å². The fraction of sp³-hybridized carbons (Fsp3) is 1.00. The fourth-order valence-electron chi connectivity index (χ4n) is 2.69. The Morgan fingerprint density at radius 1 is 1.36 bits per heavy atom. The number of rotatable bonds is 3. The third-order valence-corrected chi connectivity index (χ3v) is 3.31. The van der Waals surface area contributed by atoms with Crippen molar-refractivity contribution in [1.82, 2.24) is 5.32 Å². The molecule has 84 valence electrons. The Bertz CT molecular complexity index is 177. The Balaban J connectivity index is 2.60. The van der Waals surface area contributed by atoms with E-state index >= 15 is 0 Å². The molecule has 1 aliphatic rings. The quantitative estimate of drug-likeness (QED) is 0.746. The van der Waals surface area contributed by atoms with Gasteiger partial charge < -0.3 is 5.32 Å². The monoisotopic (exact) mass is 205 g/mol. The minimum absolute atomic E-state index is 0.142. The fourth-order valence-corrected chi connectivity index (χ4v) is 2.69. The molecule has 3 atom stereocenters. The number of alkyl halides is 2. The van der Waals surface area contributed by atoms with E-state index in [2.05, 4.69) is 12.2 Å². The van der Waals surface area contributed by atoms with Gasteiger partial charge in [0.05, 0.1) is 6.04 Å². The van der Waals surface area contributed by atoms with E-state index in [1.54, 1.807) is 7.05 Å². The van der Waals surface area contributed by atoms with E-state index in [1.165, 1.54) is 6.42 Å². The Kier molecular flexibility index (Phi) is 3.87. The number of halogens is 2. The van der Waals surface area contributed by atoms with Crippen LogP contribution in [0.1, 0.15) is 39.5 Å². The van der Waals surface area contributed by atoms with Gasteiger partial charge in [-0.15, -0.1) is 0 Å². The lowest BCUT2D eigenvalue weighted by Crippen LogP contribution is -2.47. The number of hydrogen-bond acceptors (Lipinski definition) is 1. The highest BCUT2D eigenvalue weighted by atomic mass is 19.3. The van der Waals surface area contributed by atoms with E-state index < -0.39 is 12.0 Å². The zero-order chi connectivity index (χ0) is 10.8. The van der Waals surface area contributed by atoms with Gasteiger partial charge in [-0.1, -0.05) is 19.8 Å². The van der Waals surface area contributed by atoms with Gasteiger partial charge in [0.15, 0.2) is 0 Å². The second-order valence-electron chi connectivity index (χ2n) is 4.75. The van der Waals surface area contributed by atoms with Crippen molar-refractivity contribution in [3.63, 3.8) is 0 Å². The molecular formula is C11H21F2N. The van der Waals surface area contributed by atoms with Crippen LogP contribution in [0.2, 0.25) is 0 Å². The zero-order valence-corrected chi connectivity index (χ0v) is 9.32. The molecule has 0 spiro atoms. The van der Waals surface area contributed by atoms with Crippen molar-refractivity contribution in [2.45, 2.75) is 51.5 Å². The topological polar surface area (TPSA) is 12.0 Å². The molecule has 0 radical (unpaired) electrons. The summed E-state index contributed by atoms with van der Waals surface area (Å²) in [7, 11) is 1.64. The van der Waals surface area contributed by atoms with E-state index in [0.29, 0.717) is 5.92 Å². The molecule has 1 N–H and O–H groups in total. The Morgan fingerprint density at radius 2 is 2.00 bits per heavy atom. The number of nitrogens with one attached hydrogen (secondary N) is 1. The van der Waals surface area contributed by atoms with Crippen molar-refractivity contribution in [2.75, 3.05) is 7.05 Å². The summed E-state index contributed by atoms with van der Waals surface area (Å²) in [5.74, 6) is -1.85. The van der Waals surface area contributed by atoms with Gasteiger partial charge in [0, 0.05) is 6.92 Å². The number of hydrogen-bond donors (Lipinski definition) is 1. The summed E-state index contributed by atoms with van der Waals surface area (Å²) in [6.07, 6.45) is 4.18. The molecule has 1 nitrogen and oxygen atoms in total. The molecular weight excluding hydrogens is 184 g/mol. The second kappa shape index (κ2) is 4.56. The molecule has 0 heterocycles. The predicted octanol–water partition coefficient (Wildman–Crippen LogP) is 3.06. The Hall–Kier alpha value is -0.180. The molecule has 0 amide bonds. The largest absolute Gasteiger partial charge is 0.311 e. The first-order valence-corrected chi connectivity index (χ1v) is 5.50. The average Bonchev–Trinajstić information content (AvgIpc) is 2.02. The van der Waals surface area contributed by atoms with Gasteiger partial charge in [0.25, 0.3) is 5.92 Å². The smallest absolute Gasteiger partial charge is 0.260 e. The van der Waals surface area contributed by atoms with Crippen LogP contribution in [0.3, 0.4) is 0 Å². The standard InChI is InChI=1S/C11H21F2N/c1-8-5-4-6-9(7-8)10(14-3)11(2,12)13/h8-10,14H,4-7H2,1-3H3. The molecule has 3 unspecified atom stereocenters. The van der Waals surface area contributed by atoms with Gasteiger partial charge in [-0.2, -0.15) is 0 Å². The second-order valence-corrected chi connectivity index (χ2v) is 4.75. The van der Waals surface area contributed by atoms with Crippen LogP contribution in [-0.4, -0.2) is 19.0 Å². The van der Waals surface area contributed by atoms with E-state index in [4.69, 9.17) is 0 Å². The molecule has 0 aromatic rings. The van der Waals surface area contributed by atoms with E-state index in [1.807, 2.05) is 0 Å². The lowest BCUT2D eigenvalue weighted by Gasteiger charge is -2.36. The minimum Gasteiger partial charge on any atom is -0.311 e. The van der Waals surface area contributed by atoms with Crippen LogP contribution < -0.4 is 5.32 Å². The predicted molar refractivity (Wildman–Crippen MR) is 54.6 cm³/mol. The van der Waals surface area contributed by atoms with Crippen LogP contribution in [0.4, 0.5) is 8.78 Å². The first-order chi connectivity index (χ1) is 6.45. The van der Waals surface area contributed by atoms with E-state index in [0.717, 1.165) is 26.2 Å². The van der Waals surface area contributed by atoms with Crippen molar-refractivity contribution in [2.24, 2.45) is 11.8 Å². The van der Waals surface area contributed by atoms with Crippen molar-refractivity contribution in [3.8, 4) is 0 Å². The molecule has 14 heavy (non-hydrogen) atoms. The van der Waals surface area contributed by atoms with Crippen molar-refractivity contribution >= 4 is 0 Å². The first kappa shape index (κ1) is 11.9. The maximum atomic E-state index is 13.2. The van der Waals surface area contributed by atoms with Gasteiger partial charge in [0.1, 0.15) is 0 Å². The third-order valence-electron chi connectivity index (χ3n) is 3.31. The van der Waals surface area contributed by atoms with E-state index in [-0.39, 0.29) is 5.92 Å².